The van der Waals surface area contributed by atoms with Crippen LogP contribution in [0.1, 0.15) is 19.3 Å². The molecule has 50 valence electrons. The summed E-state index contributed by atoms with van der Waals surface area (Å²) in [5, 5.41) is 9.35. The number of hydrogen-bond acceptors (Lipinski definition) is 2. The molecule has 2 aliphatic rings. The summed E-state index contributed by atoms with van der Waals surface area (Å²) in [6.07, 6.45) is 3.38. The smallest absolute Gasteiger partial charge is 0.0883 e. The molecular weight excluding hydrogens is 132 g/mol. The average Bonchev–Trinajstić information content (AvgIpc) is 2.37. The van der Waals surface area contributed by atoms with Gasteiger partial charge in [0.1, 0.15) is 0 Å². The maximum atomic E-state index is 9.35. The first-order valence-electron chi connectivity index (χ1n) is 3.51. The van der Waals surface area contributed by atoms with Gasteiger partial charge in [-0.05, 0) is 31.1 Å². The second-order valence-electron chi connectivity index (χ2n) is 3.12. The molecule has 0 aromatic rings. The second kappa shape index (κ2) is 1.77. The molecule has 2 aliphatic carbocycles. The molecule has 0 radical (unpaired) electrons. The van der Waals surface area contributed by atoms with E-state index in [-0.39, 0.29) is 6.10 Å². The van der Waals surface area contributed by atoms with Gasteiger partial charge in [0.05, 0.1) is 6.10 Å². The monoisotopic (exact) mass is 142 g/mol. The summed E-state index contributed by atoms with van der Waals surface area (Å²) in [6.45, 7) is 0. The van der Waals surface area contributed by atoms with E-state index in [9.17, 15) is 5.11 Å². The lowest BCUT2D eigenvalue weighted by Gasteiger charge is -2.16. The first kappa shape index (κ1) is 5.81. The van der Waals surface area contributed by atoms with Gasteiger partial charge < -0.3 is 5.11 Å². The van der Waals surface area contributed by atoms with E-state index in [0.717, 1.165) is 4.86 Å². The van der Waals surface area contributed by atoms with Crippen LogP contribution in [0.4, 0.5) is 0 Å². The van der Waals surface area contributed by atoms with E-state index in [2.05, 4.69) is 0 Å². The molecule has 3 atom stereocenters. The highest BCUT2D eigenvalue weighted by Crippen LogP contribution is 2.42. The summed E-state index contributed by atoms with van der Waals surface area (Å²) < 4.78 is 0. The van der Waals surface area contributed by atoms with Gasteiger partial charge in [0, 0.05) is 4.86 Å². The lowest BCUT2D eigenvalue weighted by atomic mass is 9.98. The molecule has 2 rings (SSSR count). The van der Waals surface area contributed by atoms with Crippen molar-refractivity contribution in [2.75, 3.05) is 0 Å². The summed E-state index contributed by atoms with van der Waals surface area (Å²) >= 11 is 5.04. The lowest BCUT2D eigenvalue weighted by Crippen LogP contribution is -2.25. The van der Waals surface area contributed by atoms with Crippen molar-refractivity contribution < 1.29 is 5.11 Å². The van der Waals surface area contributed by atoms with Crippen molar-refractivity contribution in [1.29, 1.82) is 0 Å². The molecule has 1 nitrogen and oxygen atoms in total. The van der Waals surface area contributed by atoms with Crippen LogP contribution in [0.3, 0.4) is 0 Å². The van der Waals surface area contributed by atoms with E-state index in [1.165, 1.54) is 19.3 Å². The molecule has 2 bridgehead atoms. The van der Waals surface area contributed by atoms with Crippen LogP contribution in [-0.4, -0.2) is 16.1 Å². The minimum absolute atomic E-state index is 0.223. The fourth-order valence-electron chi connectivity index (χ4n) is 2.04. The van der Waals surface area contributed by atoms with E-state index in [1.54, 1.807) is 0 Å². The summed E-state index contributed by atoms with van der Waals surface area (Å²) in [5.41, 5.74) is 0. The molecule has 0 aliphatic heterocycles. The number of fused-ring (bicyclic) bond motifs is 2. The first-order valence-corrected chi connectivity index (χ1v) is 3.91. The second-order valence-corrected chi connectivity index (χ2v) is 3.59. The zero-order chi connectivity index (χ0) is 6.43. The Morgan fingerprint density at radius 1 is 1.44 bits per heavy atom. The van der Waals surface area contributed by atoms with Gasteiger partial charge in [0.2, 0.25) is 0 Å². The quantitative estimate of drug-likeness (QED) is 0.512. The third kappa shape index (κ3) is 0.665. The number of thiocarbonyl (C=S) groups is 1. The normalized spacial score (nSPS) is 48.6. The van der Waals surface area contributed by atoms with Crippen molar-refractivity contribution in [3.05, 3.63) is 0 Å². The molecule has 0 amide bonds. The van der Waals surface area contributed by atoms with E-state index in [4.69, 9.17) is 12.2 Å². The number of rotatable bonds is 0. The Hall–Kier alpha value is 0.0500. The van der Waals surface area contributed by atoms with Crippen LogP contribution in [0, 0.1) is 11.8 Å². The van der Waals surface area contributed by atoms with Gasteiger partial charge in [-0.15, -0.1) is 0 Å². The van der Waals surface area contributed by atoms with Crippen molar-refractivity contribution >= 4 is 17.1 Å². The molecule has 0 heterocycles. The zero-order valence-electron chi connectivity index (χ0n) is 5.21. The van der Waals surface area contributed by atoms with Gasteiger partial charge >= 0.3 is 0 Å². The summed E-state index contributed by atoms with van der Waals surface area (Å²) in [5.74, 6) is 1.13. The minimum atomic E-state index is -0.223. The average molecular weight is 142 g/mol. The Balaban J connectivity index is 2.25. The standard InChI is InChI=1S/C7H10OS/c8-6-4-1-2-5(3-4)7(6)9/h4-6,8H,1-3H2/t4-,5-,6+/m1/s1. The predicted molar refractivity (Wildman–Crippen MR) is 39.4 cm³/mol. The minimum Gasteiger partial charge on any atom is -0.388 e. The van der Waals surface area contributed by atoms with Crippen molar-refractivity contribution in [3.8, 4) is 0 Å². The van der Waals surface area contributed by atoms with Gasteiger partial charge in [-0.25, -0.2) is 0 Å². The molecule has 1 N–H and O–H groups in total. The maximum absolute atomic E-state index is 9.35. The van der Waals surface area contributed by atoms with Crippen molar-refractivity contribution in [1.82, 2.24) is 0 Å². The van der Waals surface area contributed by atoms with Gasteiger partial charge in [-0.1, -0.05) is 12.2 Å². The Morgan fingerprint density at radius 2 is 2.22 bits per heavy atom. The maximum Gasteiger partial charge on any atom is 0.0883 e. The fraction of sp³-hybridized carbons (Fsp3) is 0.857. The third-order valence-corrected chi connectivity index (χ3v) is 3.19. The van der Waals surface area contributed by atoms with Crippen LogP contribution in [-0.2, 0) is 0 Å². The Labute approximate surface area is 60.1 Å². The Kier molecular flexibility index (Phi) is 1.14. The molecule has 0 saturated heterocycles. The summed E-state index contributed by atoms with van der Waals surface area (Å²) in [7, 11) is 0. The fourth-order valence-corrected chi connectivity index (χ4v) is 2.44. The zero-order valence-corrected chi connectivity index (χ0v) is 6.03. The van der Waals surface area contributed by atoms with E-state index >= 15 is 0 Å². The Bertz CT molecular complexity index is 151. The molecule has 0 spiro atoms. The van der Waals surface area contributed by atoms with Crippen molar-refractivity contribution in [2.45, 2.75) is 25.4 Å². The van der Waals surface area contributed by atoms with Crippen LogP contribution < -0.4 is 0 Å². The molecule has 0 aromatic heterocycles. The molecule has 9 heavy (non-hydrogen) atoms. The van der Waals surface area contributed by atoms with Crippen LogP contribution in [0.25, 0.3) is 0 Å². The Morgan fingerprint density at radius 3 is 2.56 bits per heavy atom. The first-order chi connectivity index (χ1) is 4.29. The van der Waals surface area contributed by atoms with Gasteiger partial charge in [0.15, 0.2) is 0 Å². The summed E-state index contributed by atoms with van der Waals surface area (Å²) in [4.78, 5) is 0.936. The van der Waals surface area contributed by atoms with E-state index < -0.39 is 0 Å². The number of aliphatic hydroxyl groups is 1. The highest BCUT2D eigenvalue weighted by molar-refractivity contribution is 7.80. The summed E-state index contributed by atoms with van der Waals surface area (Å²) in [6, 6.07) is 0. The van der Waals surface area contributed by atoms with Gasteiger partial charge in [0.25, 0.3) is 0 Å². The predicted octanol–water partition coefficient (Wildman–Crippen LogP) is 1.15. The van der Waals surface area contributed by atoms with E-state index in [1.807, 2.05) is 0 Å². The molecular formula is C7H10OS. The molecule has 2 heteroatoms. The SMILES string of the molecule is O[C@@H]1C(=S)[C@@H]2CC[C@@H]1C2. The van der Waals surface area contributed by atoms with Gasteiger partial charge in [-0.2, -0.15) is 0 Å². The van der Waals surface area contributed by atoms with Crippen LogP contribution in [0.15, 0.2) is 0 Å². The highest BCUT2D eigenvalue weighted by Gasteiger charge is 2.42. The third-order valence-electron chi connectivity index (χ3n) is 2.61. The van der Waals surface area contributed by atoms with Crippen LogP contribution in [0.2, 0.25) is 0 Å². The molecule has 2 fully saturated rings. The molecule has 2 saturated carbocycles. The van der Waals surface area contributed by atoms with Crippen molar-refractivity contribution in [2.24, 2.45) is 11.8 Å². The number of hydrogen-bond donors (Lipinski definition) is 1. The molecule has 0 aromatic carbocycles. The number of aliphatic hydroxyl groups excluding tert-OH is 1. The topological polar surface area (TPSA) is 20.2 Å². The van der Waals surface area contributed by atoms with Crippen molar-refractivity contribution in [3.63, 3.8) is 0 Å². The molecule has 0 unspecified atom stereocenters. The largest absolute Gasteiger partial charge is 0.388 e. The lowest BCUT2D eigenvalue weighted by molar-refractivity contribution is 0.183. The van der Waals surface area contributed by atoms with Crippen LogP contribution >= 0.6 is 12.2 Å². The van der Waals surface area contributed by atoms with Crippen LogP contribution in [0.5, 0.6) is 0 Å². The highest BCUT2D eigenvalue weighted by atomic mass is 32.1. The van der Waals surface area contributed by atoms with E-state index in [0.29, 0.717) is 11.8 Å². The van der Waals surface area contributed by atoms with Gasteiger partial charge in [-0.3, -0.25) is 0 Å².